The molecule has 20 heavy (non-hydrogen) atoms. The van der Waals surface area contributed by atoms with E-state index in [-0.39, 0.29) is 6.03 Å². The maximum absolute atomic E-state index is 12.2. The zero-order valence-electron chi connectivity index (χ0n) is 12.1. The number of piperidine rings is 1. The van der Waals surface area contributed by atoms with Crippen molar-refractivity contribution in [3.63, 3.8) is 0 Å². The third-order valence-corrected chi connectivity index (χ3v) is 4.32. The summed E-state index contributed by atoms with van der Waals surface area (Å²) in [5, 5.41) is 3.19. The van der Waals surface area contributed by atoms with Crippen molar-refractivity contribution in [2.75, 3.05) is 32.7 Å². The van der Waals surface area contributed by atoms with Crippen molar-refractivity contribution >= 4 is 23.2 Å². The molecule has 0 radical (unpaired) electrons. The van der Waals surface area contributed by atoms with Crippen molar-refractivity contribution < 1.29 is 4.79 Å². The lowest BCUT2D eigenvalue weighted by molar-refractivity contribution is 0.179. The van der Waals surface area contributed by atoms with E-state index in [1.165, 1.54) is 12.8 Å². The molecule has 0 unspecified atom stereocenters. The van der Waals surface area contributed by atoms with Gasteiger partial charge in [0.25, 0.3) is 0 Å². The summed E-state index contributed by atoms with van der Waals surface area (Å²) in [6, 6.07) is 0.424. The molecule has 2 saturated heterocycles. The van der Waals surface area contributed by atoms with Crippen LogP contribution in [0.5, 0.6) is 0 Å². The van der Waals surface area contributed by atoms with E-state index >= 15 is 0 Å². The van der Waals surface area contributed by atoms with E-state index < -0.39 is 0 Å². The summed E-state index contributed by atoms with van der Waals surface area (Å²) in [6.07, 6.45) is 6.76. The lowest BCUT2D eigenvalue weighted by atomic mass is 10.1. The molecule has 0 bridgehead atoms. The largest absolute Gasteiger partial charge is 0.392 e. The summed E-state index contributed by atoms with van der Waals surface area (Å²) < 4.78 is 0. The summed E-state index contributed by atoms with van der Waals surface area (Å²) in [4.78, 5) is 17.0. The van der Waals surface area contributed by atoms with Gasteiger partial charge in [0.1, 0.15) is 0 Å². The first-order chi connectivity index (χ1) is 9.65. The number of hydrogen-bond acceptors (Lipinski definition) is 3. The van der Waals surface area contributed by atoms with E-state index in [9.17, 15) is 4.79 Å². The van der Waals surface area contributed by atoms with E-state index in [2.05, 4.69) is 10.2 Å². The van der Waals surface area contributed by atoms with Gasteiger partial charge in [-0.25, -0.2) is 4.79 Å². The lowest BCUT2D eigenvalue weighted by Crippen LogP contribution is -2.50. The molecule has 0 aromatic carbocycles. The Hall–Kier alpha value is -0.880. The van der Waals surface area contributed by atoms with Crippen molar-refractivity contribution in [3.05, 3.63) is 0 Å². The van der Waals surface area contributed by atoms with Crippen molar-refractivity contribution in [3.8, 4) is 0 Å². The average molecular weight is 298 g/mol. The molecule has 2 aliphatic heterocycles. The fourth-order valence-electron chi connectivity index (χ4n) is 3.00. The van der Waals surface area contributed by atoms with Gasteiger partial charge in [-0.2, -0.15) is 0 Å². The molecule has 114 valence electrons. The Morgan fingerprint density at radius 1 is 1.10 bits per heavy atom. The van der Waals surface area contributed by atoms with Crippen molar-refractivity contribution in [1.29, 1.82) is 0 Å². The number of nitrogens with two attached hydrogens (primary N) is 1. The highest BCUT2D eigenvalue weighted by Crippen LogP contribution is 2.13. The Morgan fingerprint density at radius 3 is 2.25 bits per heavy atom. The molecule has 3 N–H and O–H groups in total. The quantitative estimate of drug-likeness (QED) is 0.772. The van der Waals surface area contributed by atoms with Crippen LogP contribution in [0.4, 0.5) is 4.79 Å². The van der Waals surface area contributed by atoms with Gasteiger partial charge in [0.15, 0.2) is 0 Å². The van der Waals surface area contributed by atoms with Crippen molar-refractivity contribution in [2.45, 2.75) is 44.6 Å². The molecule has 0 saturated carbocycles. The second kappa shape index (κ2) is 7.78. The third-order valence-electron chi connectivity index (χ3n) is 4.19. The molecule has 2 heterocycles. The molecule has 0 aromatic heterocycles. The number of rotatable bonds is 3. The molecule has 0 spiro atoms. The van der Waals surface area contributed by atoms with Crippen LogP contribution in [-0.2, 0) is 0 Å². The fraction of sp³-hybridized carbons (Fsp3) is 0.857. The number of amides is 2. The minimum Gasteiger partial charge on any atom is -0.392 e. The predicted octanol–water partition coefficient (Wildman–Crippen LogP) is 1.32. The van der Waals surface area contributed by atoms with Gasteiger partial charge in [0, 0.05) is 38.8 Å². The van der Waals surface area contributed by atoms with Gasteiger partial charge in [-0.15, -0.1) is 0 Å². The van der Waals surface area contributed by atoms with Gasteiger partial charge >= 0.3 is 6.03 Å². The van der Waals surface area contributed by atoms with Crippen molar-refractivity contribution in [1.82, 2.24) is 15.1 Å². The van der Waals surface area contributed by atoms with Crippen LogP contribution in [0.15, 0.2) is 0 Å². The summed E-state index contributed by atoms with van der Waals surface area (Å²) >= 11 is 4.93. The van der Waals surface area contributed by atoms with E-state index in [1.807, 2.05) is 4.90 Å². The highest BCUT2D eigenvalue weighted by molar-refractivity contribution is 7.80. The Morgan fingerprint density at radius 2 is 1.70 bits per heavy atom. The molecule has 2 fully saturated rings. The summed E-state index contributed by atoms with van der Waals surface area (Å²) in [5.41, 5.74) is 5.56. The molecule has 0 aromatic rings. The number of likely N-dealkylation sites (tertiary alicyclic amines) is 2. The number of carbonyl (C=O) groups is 1. The Bertz CT molecular complexity index is 334. The van der Waals surface area contributed by atoms with Crippen molar-refractivity contribution in [2.24, 2.45) is 5.73 Å². The van der Waals surface area contributed by atoms with Gasteiger partial charge in [-0.1, -0.05) is 25.1 Å². The first-order valence-corrected chi connectivity index (χ1v) is 8.12. The number of carbonyl (C=O) groups excluding carboxylic acids is 1. The number of nitrogens with zero attached hydrogens (tertiary/aromatic N) is 2. The molecule has 2 rings (SSSR count). The normalized spacial score (nSPS) is 22.3. The summed E-state index contributed by atoms with van der Waals surface area (Å²) in [6.45, 7) is 4.44. The monoisotopic (exact) mass is 298 g/mol. The van der Waals surface area contributed by atoms with E-state index in [0.29, 0.717) is 17.6 Å². The average Bonchev–Trinajstić information content (AvgIpc) is 2.69. The molecule has 2 aliphatic rings. The van der Waals surface area contributed by atoms with Crippen LogP contribution >= 0.6 is 12.2 Å². The summed E-state index contributed by atoms with van der Waals surface area (Å²) in [5.74, 6) is 0. The number of urea groups is 1. The molecular weight excluding hydrogens is 272 g/mol. The van der Waals surface area contributed by atoms with E-state index in [4.69, 9.17) is 18.0 Å². The zero-order valence-corrected chi connectivity index (χ0v) is 13.0. The molecule has 0 atom stereocenters. The number of hydrogen-bond donors (Lipinski definition) is 2. The minimum absolute atomic E-state index is 0.125. The first-order valence-electron chi connectivity index (χ1n) is 7.71. The number of thiocarbonyl (C=S) groups is 1. The number of nitrogens with one attached hydrogen (secondary N) is 1. The van der Waals surface area contributed by atoms with E-state index in [0.717, 1.165) is 51.9 Å². The molecule has 2 amide bonds. The standard InChI is InChI=1S/C14H26N4OS/c15-13(20)11-17-9-5-12(6-10-17)16-14(19)18-7-3-1-2-4-8-18/h12H,1-11H2,(H2,15,20)(H,16,19). The highest BCUT2D eigenvalue weighted by atomic mass is 32.1. The van der Waals surface area contributed by atoms with Crippen LogP contribution in [0, 0.1) is 0 Å². The SMILES string of the molecule is NC(=S)CN1CCC(NC(=O)N2CCCCCC2)CC1. The maximum Gasteiger partial charge on any atom is 0.317 e. The highest BCUT2D eigenvalue weighted by Gasteiger charge is 2.23. The fourth-order valence-corrected chi connectivity index (χ4v) is 3.18. The van der Waals surface area contributed by atoms with Gasteiger partial charge in [0.2, 0.25) is 0 Å². The van der Waals surface area contributed by atoms with Gasteiger partial charge in [-0.3, -0.25) is 4.90 Å². The predicted molar refractivity (Wildman–Crippen MR) is 84.8 cm³/mol. The van der Waals surface area contributed by atoms with Crippen LogP contribution in [0.3, 0.4) is 0 Å². The van der Waals surface area contributed by atoms with E-state index in [1.54, 1.807) is 0 Å². The Kier molecular flexibility index (Phi) is 6.04. The Balaban J connectivity index is 1.71. The third kappa shape index (κ3) is 4.90. The smallest absolute Gasteiger partial charge is 0.317 e. The molecule has 0 aliphatic carbocycles. The lowest BCUT2D eigenvalue weighted by Gasteiger charge is -2.33. The van der Waals surface area contributed by atoms with Gasteiger partial charge in [-0.05, 0) is 25.7 Å². The van der Waals surface area contributed by atoms with Crippen LogP contribution in [-0.4, -0.2) is 59.6 Å². The van der Waals surface area contributed by atoms with Crippen LogP contribution in [0.25, 0.3) is 0 Å². The van der Waals surface area contributed by atoms with Gasteiger partial charge < -0.3 is 16.0 Å². The molecule has 5 nitrogen and oxygen atoms in total. The maximum atomic E-state index is 12.2. The zero-order chi connectivity index (χ0) is 14.4. The van der Waals surface area contributed by atoms with Gasteiger partial charge in [0.05, 0.1) is 4.99 Å². The van der Waals surface area contributed by atoms with Crippen LogP contribution in [0.1, 0.15) is 38.5 Å². The topological polar surface area (TPSA) is 61.6 Å². The molecular formula is C14H26N4OS. The second-order valence-electron chi connectivity index (χ2n) is 5.87. The minimum atomic E-state index is 0.125. The molecule has 6 heteroatoms. The van der Waals surface area contributed by atoms with Crippen LogP contribution < -0.4 is 11.1 Å². The first kappa shape index (κ1) is 15.5. The second-order valence-corrected chi connectivity index (χ2v) is 6.39. The summed E-state index contributed by atoms with van der Waals surface area (Å²) in [7, 11) is 0. The van der Waals surface area contributed by atoms with Crippen LogP contribution in [0.2, 0.25) is 0 Å². The Labute approximate surface area is 126 Å².